The molecule has 0 saturated heterocycles. The van der Waals surface area contributed by atoms with Crippen LogP contribution in [-0.4, -0.2) is 10.1 Å². The Kier molecular flexibility index (Phi) is 1.47. The van der Waals surface area contributed by atoms with Crippen LogP contribution < -0.4 is 0 Å². The molecule has 0 amide bonds. The van der Waals surface area contributed by atoms with E-state index in [1.807, 2.05) is 16.8 Å². The zero-order valence-corrected chi connectivity index (χ0v) is 6.76. The number of aryl methyl sites for hydroxylation is 1. The standard InChI is InChI=1S/C7H6N2OS/c1-5-8-7(10-9-5)6-2-3-11-4-6/h2-4H,1H3. The third kappa shape index (κ3) is 1.17. The van der Waals surface area contributed by atoms with Crippen molar-refractivity contribution in [2.75, 3.05) is 0 Å². The molecule has 4 heteroatoms. The molecule has 0 aliphatic heterocycles. The summed E-state index contributed by atoms with van der Waals surface area (Å²) in [5.41, 5.74) is 0.996. The van der Waals surface area contributed by atoms with Crippen molar-refractivity contribution < 1.29 is 4.52 Å². The summed E-state index contributed by atoms with van der Waals surface area (Å²) < 4.78 is 4.95. The minimum atomic E-state index is 0.601. The number of thiophene rings is 1. The summed E-state index contributed by atoms with van der Waals surface area (Å²) >= 11 is 1.62. The van der Waals surface area contributed by atoms with E-state index in [2.05, 4.69) is 10.1 Å². The summed E-state index contributed by atoms with van der Waals surface area (Å²) in [4.78, 5) is 4.08. The summed E-state index contributed by atoms with van der Waals surface area (Å²) in [7, 11) is 0. The molecule has 2 heterocycles. The van der Waals surface area contributed by atoms with E-state index in [0.717, 1.165) is 5.56 Å². The normalized spacial score (nSPS) is 10.3. The van der Waals surface area contributed by atoms with E-state index in [1.165, 1.54) is 0 Å². The van der Waals surface area contributed by atoms with Crippen LogP contribution in [0.25, 0.3) is 11.5 Å². The first-order valence-electron chi connectivity index (χ1n) is 3.19. The Morgan fingerprint density at radius 2 is 2.45 bits per heavy atom. The van der Waals surface area contributed by atoms with E-state index in [0.29, 0.717) is 11.7 Å². The first kappa shape index (κ1) is 6.54. The van der Waals surface area contributed by atoms with Crippen LogP contribution in [0, 0.1) is 6.92 Å². The molecule has 0 aliphatic rings. The number of rotatable bonds is 1. The van der Waals surface area contributed by atoms with Gasteiger partial charge in [0.15, 0.2) is 5.82 Å². The van der Waals surface area contributed by atoms with Gasteiger partial charge in [0.05, 0.1) is 5.56 Å². The first-order chi connectivity index (χ1) is 5.36. The molecule has 0 atom stereocenters. The van der Waals surface area contributed by atoms with Gasteiger partial charge in [0.2, 0.25) is 0 Å². The Balaban J connectivity index is 2.45. The highest BCUT2D eigenvalue weighted by atomic mass is 32.1. The molecule has 0 fully saturated rings. The maximum Gasteiger partial charge on any atom is 0.258 e. The lowest BCUT2D eigenvalue weighted by atomic mass is 10.3. The third-order valence-corrected chi connectivity index (χ3v) is 1.98. The van der Waals surface area contributed by atoms with E-state index < -0.39 is 0 Å². The molecular formula is C7H6N2OS. The van der Waals surface area contributed by atoms with Crippen molar-refractivity contribution >= 4 is 11.3 Å². The molecular weight excluding hydrogens is 160 g/mol. The highest BCUT2D eigenvalue weighted by Gasteiger charge is 2.04. The van der Waals surface area contributed by atoms with Gasteiger partial charge in [-0.25, -0.2) is 0 Å². The minimum Gasteiger partial charge on any atom is -0.334 e. The van der Waals surface area contributed by atoms with Crippen LogP contribution in [0.3, 0.4) is 0 Å². The van der Waals surface area contributed by atoms with E-state index in [4.69, 9.17) is 4.52 Å². The second-order valence-electron chi connectivity index (χ2n) is 2.16. The van der Waals surface area contributed by atoms with Gasteiger partial charge < -0.3 is 4.52 Å². The van der Waals surface area contributed by atoms with Crippen molar-refractivity contribution in [2.45, 2.75) is 6.92 Å². The van der Waals surface area contributed by atoms with Gasteiger partial charge in [0.1, 0.15) is 0 Å². The smallest absolute Gasteiger partial charge is 0.258 e. The molecule has 2 rings (SSSR count). The predicted octanol–water partition coefficient (Wildman–Crippen LogP) is 2.11. The summed E-state index contributed by atoms with van der Waals surface area (Å²) in [6, 6.07) is 1.96. The average molecular weight is 166 g/mol. The van der Waals surface area contributed by atoms with Crippen molar-refractivity contribution in [1.29, 1.82) is 0 Å². The molecule has 3 nitrogen and oxygen atoms in total. The quantitative estimate of drug-likeness (QED) is 0.651. The van der Waals surface area contributed by atoms with Crippen LogP contribution >= 0.6 is 11.3 Å². The molecule has 0 bridgehead atoms. The largest absolute Gasteiger partial charge is 0.334 e. The Morgan fingerprint density at radius 3 is 3.00 bits per heavy atom. The lowest BCUT2D eigenvalue weighted by molar-refractivity contribution is 0.426. The van der Waals surface area contributed by atoms with Crippen molar-refractivity contribution in [2.24, 2.45) is 0 Å². The van der Waals surface area contributed by atoms with Gasteiger partial charge in [-0.2, -0.15) is 16.3 Å². The van der Waals surface area contributed by atoms with Crippen molar-refractivity contribution in [1.82, 2.24) is 10.1 Å². The Labute approximate surface area is 67.7 Å². The number of hydrogen-bond acceptors (Lipinski definition) is 4. The molecule has 0 aromatic carbocycles. The SMILES string of the molecule is Cc1noc(-c2ccsc2)n1. The highest BCUT2D eigenvalue weighted by Crippen LogP contribution is 2.19. The van der Waals surface area contributed by atoms with Gasteiger partial charge in [-0.3, -0.25) is 0 Å². The van der Waals surface area contributed by atoms with Crippen LogP contribution in [0.5, 0.6) is 0 Å². The molecule has 0 unspecified atom stereocenters. The maximum atomic E-state index is 4.95. The number of hydrogen-bond donors (Lipinski definition) is 0. The van der Waals surface area contributed by atoms with E-state index in [9.17, 15) is 0 Å². The van der Waals surface area contributed by atoms with Gasteiger partial charge in [-0.05, 0) is 18.4 Å². The monoisotopic (exact) mass is 166 g/mol. The molecule has 0 radical (unpaired) electrons. The van der Waals surface area contributed by atoms with Crippen LogP contribution in [0.1, 0.15) is 5.82 Å². The highest BCUT2D eigenvalue weighted by molar-refractivity contribution is 7.08. The second kappa shape index (κ2) is 2.47. The van der Waals surface area contributed by atoms with Crippen LogP contribution in [0.4, 0.5) is 0 Å². The maximum absolute atomic E-state index is 4.95. The zero-order valence-electron chi connectivity index (χ0n) is 5.94. The van der Waals surface area contributed by atoms with E-state index >= 15 is 0 Å². The van der Waals surface area contributed by atoms with Crippen molar-refractivity contribution in [3.63, 3.8) is 0 Å². The van der Waals surface area contributed by atoms with Crippen molar-refractivity contribution in [3.05, 3.63) is 22.7 Å². The molecule has 11 heavy (non-hydrogen) atoms. The predicted molar refractivity (Wildman–Crippen MR) is 42.3 cm³/mol. The van der Waals surface area contributed by atoms with Crippen molar-refractivity contribution in [3.8, 4) is 11.5 Å². The van der Waals surface area contributed by atoms with Gasteiger partial charge in [0, 0.05) is 5.38 Å². The fraction of sp³-hybridized carbons (Fsp3) is 0.143. The molecule has 2 aromatic rings. The topological polar surface area (TPSA) is 38.9 Å². The Bertz CT molecular complexity index is 339. The van der Waals surface area contributed by atoms with Gasteiger partial charge in [-0.1, -0.05) is 5.16 Å². The number of aromatic nitrogens is 2. The van der Waals surface area contributed by atoms with Crippen LogP contribution in [0.15, 0.2) is 21.3 Å². The summed E-state index contributed by atoms with van der Waals surface area (Å²) in [5, 5.41) is 7.65. The fourth-order valence-corrected chi connectivity index (χ4v) is 1.43. The lowest BCUT2D eigenvalue weighted by Gasteiger charge is -1.81. The molecule has 0 spiro atoms. The summed E-state index contributed by atoms with van der Waals surface area (Å²) in [6.07, 6.45) is 0. The molecule has 2 aromatic heterocycles. The lowest BCUT2D eigenvalue weighted by Crippen LogP contribution is -1.72. The Morgan fingerprint density at radius 1 is 1.55 bits per heavy atom. The molecule has 0 saturated carbocycles. The molecule has 56 valence electrons. The van der Waals surface area contributed by atoms with E-state index in [-0.39, 0.29) is 0 Å². The second-order valence-corrected chi connectivity index (χ2v) is 2.94. The molecule has 0 aliphatic carbocycles. The average Bonchev–Trinajstić information content (AvgIpc) is 2.55. The summed E-state index contributed by atoms with van der Waals surface area (Å²) in [6.45, 7) is 1.80. The summed E-state index contributed by atoms with van der Waals surface area (Å²) in [5.74, 6) is 1.27. The first-order valence-corrected chi connectivity index (χ1v) is 4.13. The number of nitrogens with zero attached hydrogens (tertiary/aromatic N) is 2. The minimum absolute atomic E-state index is 0.601. The Hall–Kier alpha value is -1.16. The van der Waals surface area contributed by atoms with Crippen LogP contribution in [0.2, 0.25) is 0 Å². The van der Waals surface area contributed by atoms with Crippen LogP contribution in [-0.2, 0) is 0 Å². The fourth-order valence-electron chi connectivity index (χ4n) is 0.800. The van der Waals surface area contributed by atoms with Gasteiger partial charge in [-0.15, -0.1) is 0 Å². The van der Waals surface area contributed by atoms with Gasteiger partial charge in [0.25, 0.3) is 5.89 Å². The molecule has 0 N–H and O–H groups in total. The van der Waals surface area contributed by atoms with E-state index in [1.54, 1.807) is 18.3 Å². The van der Waals surface area contributed by atoms with Gasteiger partial charge >= 0.3 is 0 Å². The zero-order chi connectivity index (χ0) is 7.68. The third-order valence-electron chi connectivity index (χ3n) is 1.30.